The molecule has 0 aromatic carbocycles. The van der Waals surface area contributed by atoms with E-state index in [-0.39, 0.29) is 23.1 Å². The minimum absolute atomic E-state index is 0.0296. The zero-order valence-electron chi connectivity index (χ0n) is 20.3. The average Bonchev–Trinajstić information content (AvgIpc) is 3.22. The first-order valence-electron chi connectivity index (χ1n) is 10.7. The monoisotopic (exact) mass is 541 g/mol. The third-order valence-corrected chi connectivity index (χ3v) is 7.10. The Bertz CT molecular complexity index is 1130. The number of hydrogen-bond donors (Lipinski definition) is 3. The molecule has 196 valence electrons. The van der Waals surface area contributed by atoms with Gasteiger partial charge in [0.15, 0.2) is 10.8 Å². The molecule has 2 aliphatic heterocycles. The van der Waals surface area contributed by atoms with Crippen molar-refractivity contribution in [2.24, 2.45) is 10.6 Å². The fraction of sp³-hybridized carbons (Fsp3) is 0.524. The number of carbonyl (C=O) groups excluding carboxylic acids is 4. The van der Waals surface area contributed by atoms with Gasteiger partial charge in [-0.2, -0.15) is 0 Å². The van der Waals surface area contributed by atoms with Crippen LogP contribution in [-0.4, -0.2) is 81.7 Å². The Morgan fingerprint density at radius 1 is 1.36 bits per heavy atom. The summed E-state index contributed by atoms with van der Waals surface area (Å²) >= 11 is 2.37. The second-order valence-electron chi connectivity index (χ2n) is 8.89. The molecule has 2 aliphatic rings. The highest BCUT2D eigenvalue weighted by Gasteiger charge is 2.55. The molecule has 1 unspecified atom stereocenters. The molecule has 0 radical (unpaired) electrons. The van der Waals surface area contributed by atoms with Crippen molar-refractivity contribution in [3.8, 4) is 0 Å². The minimum Gasteiger partial charge on any atom is -0.425 e. The van der Waals surface area contributed by atoms with Gasteiger partial charge in [0.2, 0.25) is 6.29 Å². The van der Waals surface area contributed by atoms with Gasteiger partial charge in [-0.05, 0) is 26.3 Å². The number of β-lactam (4-membered cyclic amide) rings is 1. The zero-order chi connectivity index (χ0) is 26.8. The van der Waals surface area contributed by atoms with Gasteiger partial charge < -0.3 is 30.5 Å². The molecule has 3 rings (SSSR count). The number of nitrogens with two attached hydrogens (primary N) is 1. The van der Waals surface area contributed by atoms with E-state index in [4.69, 9.17) is 19.9 Å². The molecule has 15 heteroatoms. The normalized spacial score (nSPS) is 20.9. The average molecular weight is 542 g/mol. The fourth-order valence-electron chi connectivity index (χ4n) is 3.33. The lowest BCUT2D eigenvalue weighted by Crippen LogP contribution is -2.71. The Balaban J connectivity index is 1.75. The number of rotatable bonds is 8. The van der Waals surface area contributed by atoms with Crippen molar-refractivity contribution < 1.29 is 38.6 Å². The van der Waals surface area contributed by atoms with Gasteiger partial charge in [0.1, 0.15) is 22.8 Å². The number of anilines is 1. The first-order valence-corrected chi connectivity index (χ1v) is 12.6. The van der Waals surface area contributed by atoms with Crippen molar-refractivity contribution in [1.82, 2.24) is 15.2 Å². The second kappa shape index (κ2) is 10.8. The number of nitrogens with zero attached hydrogens (tertiary/aromatic N) is 3. The molecule has 1 saturated heterocycles. The summed E-state index contributed by atoms with van der Waals surface area (Å²) in [5.74, 6) is -2.51. The molecule has 0 aliphatic carbocycles. The standard InChI is InChI=1S/C21H27N5O8S2/c1-9(34-19(30)21(2,3)4)33-18(29)14-10(6-32-5)7-35-17-13(16(28)26(14)17)24-15(27)12(25-31)11-8-36-20(22)23-11/h8-9,13,17,31H,6-7H2,1-5H3,(H2,22,23)(H,24,27)/b25-12-/t9-,13?,17+/m1/s1. The van der Waals surface area contributed by atoms with E-state index in [1.165, 1.54) is 36.1 Å². The van der Waals surface area contributed by atoms with Crippen molar-refractivity contribution in [3.63, 3.8) is 0 Å². The highest BCUT2D eigenvalue weighted by molar-refractivity contribution is 8.00. The van der Waals surface area contributed by atoms with Gasteiger partial charge >= 0.3 is 11.9 Å². The number of ether oxygens (including phenoxy) is 3. The molecular formula is C21H27N5O8S2. The van der Waals surface area contributed by atoms with E-state index in [9.17, 15) is 24.4 Å². The van der Waals surface area contributed by atoms with Crippen molar-refractivity contribution in [2.45, 2.75) is 45.4 Å². The Morgan fingerprint density at radius 3 is 2.61 bits per heavy atom. The number of hydrogen-bond acceptors (Lipinski definition) is 13. The van der Waals surface area contributed by atoms with Crippen molar-refractivity contribution in [1.29, 1.82) is 0 Å². The number of amides is 2. The Morgan fingerprint density at radius 2 is 2.06 bits per heavy atom. The Kier molecular flexibility index (Phi) is 8.26. The maximum Gasteiger partial charge on any atom is 0.358 e. The van der Waals surface area contributed by atoms with E-state index in [0.717, 1.165) is 11.3 Å². The van der Waals surface area contributed by atoms with E-state index < -0.39 is 52.6 Å². The Hall–Kier alpha value is -3.17. The fourth-order valence-corrected chi connectivity index (χ4v) is 5.21. The number of thiazole rings is 1. The molecule has 0 spiro atoms. The van der Waals surface area contributed by atoms with Crippen LogP contribution in [0.25, 0.3) is 0 Å². The van der Waals surface area contributed by atoms with Crippen LogP contribution in [-0.2, 0) is 33.4 Å². The molecule has 1 aromatic rings. The van der Waals surface area contributed by atoms with Crippen LogP contribution in [0.1, 0.15) is 33.4 Å². The number of esters is 2. The van der Waals surface area contributed by atoms with Crippen LogP contribution < -0.4 is 11.1 Å². The summed E-state index contributed by atoms with van der Waals surface area (Å²) in [4.78, 5) is 56.0. The van der Waals surface area contributed by atoms with Crippen LogP contribution in [0.2, 0.25) is 0 Å². The van der Waals surface area contributed by atoms with Crippen LogP contribution in [0.5, 0.6) is 0 Å². The summed E-state index contributed by atoms with van der Waals surface area (Å²) in [7, 11) is 1.45. The number of methoxy groups -OCH3 is 1. The molecule has 2 amide bonds. The summed E-state index contributed by atoms with van der Waals surface area (Å²) in [6.07, 6.45) is -1.20. The van der Waals surface area contributed by atoms with Gasteiger partial charge in [-0.15, -0.1) is 23.1 Å². The minimum atomic E-state index is -1.20. The largest absolute Gasteiger partial charge is 0.425 e. The summed E-state index contributed by atoms with van der Waals surface area (Å²) in [5, 5.41) is 15.8. The molecular weight excluding hydrogens is 514 g/mol. The van der Waals surface area contributed by atoms with Gasteiger partial charge in [0.05, 0.1) is 12.0 Å². The lowest BCUT2D eigenvalue weighted by molar-refractivity contribution is -0.190. The highest BCUT2D eigenvalue weighted by atomic mass is 32.2. The maximum absolute atomic E-state index is 13.0. The van der Waals surface area contributed by atoms with Gasteiger partial charge in [-0.3, -0.25) is 19.3 Å². The third kappa shape index (κ3) is 5.63. The Labute approximate surface area is 215 Å². The van der Waals surface area contributed by atoms with Crippen LogP contribution >= 0.6 is 23.1 Å². The molecule has 13 nitrogen and oxygen atoms in total. The van der Waals surface area contributed by atoms with Crippen molar-refractivity contribution in [2.75, 3.05) is 25.2 Å². The van der Waals surface area contributed by atoms with E-state index in [1.807, 2.05) is 0 Å². The first-order chi connectivity index (χ1) is 16.9. The van der Waals surface area contributed by atoms with E-state index in [2.05, 4.69) is 15.5 Å². The predicted molar refractivity (Wildman–Crippen MR) is 130 cm³/mol. The highest BCUT2D eigenvalue weighted by Crippen LogP contribution is 2.41. The summed E-state index contributed by atoms with van der Waals surface area (Å²) in [5.41, 5.74) is 4.90. The number of nitrogen functional groups attached to an aromatic ring is 1. The molecule has 4 N–H and O–H groups in total. The second-order valence-corrected chi connectivity index (χ2v) is 10.9. The number of thioether (sulfide) groups is 1. The van der Waals surface area contributed by atoms with Crippen LogP contribution in [0.3, 0.4) is 0 Å². The third-order valence-electron chi connectivity index (χ3n) is 5.08. The number of aromatic nitrogens is 1. The maximum atomic E-state index is 13.0. The predicted octanol–water partition coefficient (Wildman–Crippen LogP) is 0.683. The molecule has 3 atom stereocenters. The van der Waals surface area contributed by atoms with E-state index in [0.29, 0.717) is 11.3 Å². The summed E-state index contributed by atoms with van der Waals surface area (Å²) in [6, 6.07) is -1.00. The van der Waals surface area contributed by atoms with Crippen LogP contribution in [0.4, 0.5) is 5.13 Å². The van der Waals surface area contributed by atoms with Gasteiger partial charge in [0.25, 0.3) is 11.8 Å². The molecule has 36 heavy (non-hydrogen) atoms. The SMILES string of the molecule is COCC1=C(C(=O)O[C@@H](C)OC(=O)C(C)(C)C)N2C(=O)C(NC(=O)/C(=N\O)c3csc(N)n3)[C@@H]2SC1. The molecule has 3 heterocycles. The van der Waals surface area contributed by atoms with Crippen molar-refractivity contribution in [3.05, 3.63) is 22.3 Å². The smallest absolute Gasteiger partial charge is 0.358 e. The number of fused-ring (bicyclic) bond motifs is 1. The van der Waals surface area contributed by atoms with E-state index >= 15 is 0 Å². The van der Waals surface area contributed by atoms with Crippen molar-refractivity contribution >= 4 is 57.7 Å². The topological polar surface area (TPSA) is 183 Å². The molecule has 1 fully saturated rings. The van der Waals surface area contributed by atoms with Crippen LogP contribution in [0.15, 0.2) is 21.8 Å². The van der Waals surface area contributed by atoms with Crippen LogP contribution in [0, 0.1) is 5.41 Å². The number of carbonyl (C=O) groups is 4. The first kappa shape index (κ1) is 27.4. The van der Waals surface area contributed by atoms with E-state index in [1.54, 1.807) is 20.8 Å². The number of nitrogens with one attached hydrogen (secondary N) is 1. The zero-order valence-corrected chi connectivity index (χ0v) is 21.9. The quantitative estimate of drug-likeness (QED) is 0.105. The lowest BCUT2D eigenvalue weighted by Gasteiger charge is -2.49. The molecule has 1 aromatic heterocycles. The van der Waals surface area contributed by atoms with Gasteiger partial charge in [-0.25, -0.2) is 9.78 Å². The summed E-state index contributed by atoms with van der Waals surface area (Å²) < 4.78 is 15.7. The molecule has 0 saturated carbocycles. The summed E-state index contributed by atoms with van der Waals surface area (Å²) in [6.45, 7) is 6.45. The van der Waals surface area contributed by atoms with Gasteiger partial charge in [0, 0.05) is 25.2 Å². The molecule has 0 bridgehead atoms. The lowest BCUT2D eigenvalue weighted by atomic mass is 9.97. The number of oxime groups is 1. The van der Waals surface area contributed by atoms with Gasteiger partial charge in [-0.1, -0.05) is 5.16 Å².